The third-order valence-corrected chi connectivity index (χ3v) is 3.76. The van der Waals surface area contributed by atoms with Gasteiger partial charge in [-0.1, -0.05) is 35.9 Å². The van der Waals surface area contributed by atoms with Crippen molar-refractivity contribution in [2.75, 3.05) is 18.5 Å². The van der Waals surface area contributed by atoms with Crippen molar-refractivity contribution in [1.82, 2.24) is 0 Å². The lowest BCUT2D eigenvalue weighted by Crippen LogP contribution is -2.28. The summed E-state index contributed by atoms with van der Waals surface area (Å²) in [5.74, 6) is 0.829. The molecule has 1 heterocycles. The molecule has 0 aliphatic rings. The first-order valence-corrected chi connectivity index (χ1v) is 7.15. The van der Waals surface area contributed by atoms with Crippen LogP contribution >= 0.6 is 0 Å². The van der Waals surface area contributed by atoms with Crippen LogP contribution in [0, 0.1) is 6.92 Å². The van der Waals surface area contributed by atoms with Gasteiger partial charge in [0.25, 0.3) is 0 Å². The van der Waals surface area contributed by atoms with Crippen molar-refractivity contribution in [1.29, 1.82) is 0 Å². The van der Waals surface area contributed by atoms with Crippen LogP contribution in [-0.4, -0.2) is 13.6 Å². The maximum absolute atomic E-state index is 6.29. The fourth-order valence-electron chi connectivity index (χ4n) is 2.47. The van der Waals surface area contributed by atoms with Crippen LogP contribution in [0.25, 0.3) is 11.0 Å². The maximum Gasteiger partial charge on any atom is 0.134 e. The van der Waals surface area contributed by atoms with Crippen molar-refractivity contribution in [3.63, 3.8) is 0 Å². The summed E-state index contributed by atoms with van der Waals surface area (Å²) in [6.07, 6.45) is 0. The van der Waals surface area contributed by atoms with Crippen LogP contribution in [0.5, 0.6) is 0 Å². The number of anilines is 1. The first kappa shape index (κ1) is 13.7. The highest BCUT2D eigenvalue weighted by atomic mass is 16.3. The number of nitrogens with two attached hydrogens (primary N) is 1. The van der Waals surface area contributed by atoms with E-state index in [4.69, 9.17) is 10.2 Å². The lowest BCUT2D eigenvalue weighted by Gasteiger charge is -2.22. The van der Waals surface area contributed by atoms with Crippen LogP contribution in [0.4, 0.5) is 5.69 Å². The number of fused-ring (bicyclic) bond motifs is 1. The molecule has 0 bridgehead atoms. The molecule has 3 nitrogen and oxygen atoms in total. The second-order valence-corrected chi connectivity index (χ2v) is 5.51. The van der Waals surface area contributed by atoms with Crippen LogP contribution in [0.15, 0.2) is 59.0 Å². The van der Waals surface area contributed by atoms with Crippen LogP contribution in [0.2, 0.25) is 0 Å². The van der Waals surface area contributed by atoms with Crippen molar-refractivity contribution >= 4 is 16.7 Å². The smallest absolute Gasteiger partial charge is 0.134 e. The second-order valence-electron chi connectivity index (χ2n) is 5.51. The standard InChI is InChI=1S/C18H20N2O/c1-13-7-9-15(10-8-13)20(2)12-16(19)18-11-14-5-3-4-6-17(14)21-18/h3-11,16H,12,19H2,1-2H3. The molecule has 0 spiro atoms. The van der Waals surface area contributed by atoms with E-state index in [2.05, 4.69) is 36.1 Å². The van der Waals surface area contributed by atoms with Gasteiger partial charge in [-0.05, 0) is 31.2 Å². The van der Waals surface area contributed by atoms with Gasteiger partial charge in [-0.25, -0.2) is 0 Å². The molecule has 2 aromatic carbocycles. The molecule has 0 aliphatic heterocycles. The van der Waals surface area contributed by atoms with Gasteiger partial charge in [-0.15, -0.1) is 0 Å². The molecule has 0 saturated heterocycles. The average molecular weight is 280 g/mol. The number of likely N-dealkylation sites (N-methyl/N-ethyl adjacent to an activating group) is 1. The molecule has 3 heteroatoms. The molecule has 1 unspecified atom stereocenters. The highest BCUT2D eigenvalue weighted by molar-refractivity contribution is 5.77. The van der Waals surface area contributed by atoms with Gasteiger partial charge in [0.15, 0.2) is 0 Å². The van der Waals surface area contributed by atoms with Crippen LogP contribution in [0.1, 0.15) is 17.4 Å². The van der Waals surface area contributed by atoms with E-state index in [1.165, 1.54) is 5.56 Å². The Morgan fingerprint density at radius 1 is 1.10 bits per heavy atom. The quantitative estimate of drug-likeness (QED) is 0.788. The third kappa shape index (κ3) is 2.93. The zero-order valence-corrected chi connectivity index (χ0v) is 12.4. The van der Waals surface area contributed by atoms with Gasteiger partial charge >= 0.3 is 0 Å². The van der Waals surface area contributed by atoms with Crippen LogP contribution < -0.4 is 10.6 Å². The molecule has 0 saturated carbocycles. The number of benzene rings is 2. The number of para-hydroxylation sites is 1. The van der Waals surface area contributed by atoms with E-state index >= 15 is 0 Å². The Morgan fingerprint density at radius 3 is 2.52 bits per heavy atom. The third-order valence-electron chi connectivity index (χ3n) is 3.76. The van der Waals surface area contributed by atoms with Crippen molar-refractivity contribution in [3.8, 4) is 0 Å². The van der Waals surface area contributed by atoms with Crippen LogP contribution in [-0.2, 0) is 0 Å². The summed E-state index contributed by atoms with van der Waals surface area (Å²) in [6.45, 7) is 2.80. The summed E-state index contributed by atoms with van der Waals surface area (Å²) in [5, 5.41) is 1.10. The zero-order valence-electron chi connectivity index (χ0n) is 12.4. The summed E-state index contributed by atoms with van der Waals surface area (Å²) in [4.78, 5) is 2.15. The van der Waals surface area contributed by atoms with E-state index in [1.54, 1.807) is 0 Å². The number of aryl methyl sites for hydroxylation is 1. The van der Waals surface area contributed by atoms with Crippen molar-refractivity contribution in [3.05, 3.63) is 65.9 Å². The molecule has 2 N–H and O–H groups in total. The molecule has 108 valence electrons. The maximum atomic E-state index is 6.29. The van der Waals surface area contributed by atoms with E-state index < -0.39 is 0 Å². The molecule has 0 amide bonds. The summed E-state index contributed by atoms with van der Waals surface area (Å²) in [5.41, 5.74) is 9.60. The van der Waals surface area contributed by atoms with Gasteiger partial charge in [-0.2, -0.15) is 0 Å². The Hall–Kier alpha value is -2.26. The molecular formula is C18H20N2O. The Bertz CT molecular complexity index is 697. The normalized spacial score (nSPS) is 12.5. The Kier molecular flexibility index (Phi) is 3.67. The predicted molar refractivity (Wildman–Crippen MR) is 87.6 cm³/mol. The molecule has 3 rings (SSSR count). The fraction of sp³-hybridized carbons (Fsp3) is 0.222. The number of hydrogen-bond acceptors (Lipinski definition) is 3. The van der Waals surface area contributed by atoms with Crippen LogP contribution in [0.3, 0.4) is 0 Å². The molecular weight excluding hydrogens is 260 g/mol. The van der Waals surface area contributed by atoms with E-state index in [9.17, 15) is 0 Å². The second kappa shape index (κ2) is 5.62. The van der Waals surface area contributed by atoms with Gasteiger partial charge < -0.3 is 15.1 Å². The molecule has 1 atom stereocenters. The molecule has 1 aromatic heterocycles. The molecule has 0 radical (unpaired) electrons. The fourth-order valence-corrected chi connectivity index (χ4v) is 2.47. The van der Waals surface area contributed by atoms with E-state index in [0.29, 0.717) is 6.54 Å². The van der Waals surface area contributed by atoms with E-state index in [1.807, 2.05) is 37.4 Å². The van der Waals surface area contributed by atoms with Crippen molar-refractivity contribution in [2.45, 2.75) is 13.0 Å². The van der Waals surface area contributed by atoms with E-state index in [-0.39, 0.29) is 6.04 Å². The minimum absolute atomic E-state index is 0.149. The SMILES string of the molecule is Cc1ccc(N(C)CC(N)c2cc3ccccc3o2)cc1. The van der Waals surface area contributed by atoms with Crippen molar-refractivity contribution < 1.29 is 4.42 Å². The van der Waals surface area contributed by atoms with Gasteiger partial charge in [-0.3, -0.25) is 0 Å². The predicted octanol–water partition coefficient (Wildman–Crippen LogP) is 3.88. The zero-order chi connectivity index (χ0) is 14.8. The molecule has 21 heavy (non-hydrogen) atoms. The first-order valence-electron chi connectivity index (χ1n) is 7.15. The Balaban J connectivity index is 1.75. The van der Waals surface area contributed by atoms with Gasteiger partial charge in [0.1, 0.15) is 11.3 Å². The number of furan rings is 1. The van der Waals surface area contributed by atoms with Gasteiger partial charge in [0, 0.05) is 24.7 Å². The monoisotopic (exact) mass is 280 g/mol. The van der Waals surface area contributed by atoms with Crippen molar-refractivity contribution in [2.24, 2.45) is 5.73 Å². The topological polar surface area (TPSA) is 42.4 Å². The number of nitrogens with zero attached hydrogens (tertiary/aromatic N) is 1. The molecule has 0 fully saturated rings. The highest BCUT2D eigenvalue weighted by Gasteiger charge is 2.14. The summed E-state index contributed by atoms with van der Waals surface area (Å²) in [6, 6.07) is 18.3. The first-order chi connectivity index (χ1) is 10.1. The highest BCUT2D eigenvalue weighted by Crippen LogP contribution is 2.24. The summed E-state index contributed by atoms with van der Waals surface area (Å²) in [7, 11) is 2.05. The molecule has 3 aromatic rings. The number of rotatable bonds is 4. The lowest BCUT2D eigenvalue weighted by molar-refractivity contribution is 0.495. The minimum Gasteiger partial charge on any atom is -0.459 e. The van der Waals surface area contributed by atoms with Gasteiger partial charge in [0.05, 0.1) is 6.04 Å². The summed E-state index contributed by atoms with van der Waals surface area (Å²) < 4.78 is 5.83. The van der Waals surface area contributed by atoms with E-state index in [0.717, 1.165) is 22.4 Å². The molecule has 0 aliphatic carbocycles. The summed E-state index contributed by atoms with van der Waals surface area (Å²) >= 11 is 0. The lowest BCUT2D eigenvalue weighted by atomic mass is 10.1. The van der Waals surface area contributed by atoms with Gasteiger partial charge in [0.2, 0.25) is 0 Å². The number of hydrogen-bond donors (Lipinski definition) is 1. The average Bonchev–Trinajstić information content (AvgIpc) is 2.92. The Morgan fingerprint density at radius 2 is 1.81 bits per heavy atom. The largest absolute Gasteiger partial charge is 0.459 e. The Labute approximate surface area is 125 Å². The minimum atomic E-state index is -0.149.